The van der Waals surface area contributed by atoms with Gasteiger partial charge < -0.3 is 4.74 Å². The third-order valence-corrected chi connectivity index (χ3v) is 1.86. The van der Waals surface area contributed by atoms with Crippen LogP contribution in [0.15, 0.2) is 36.9 Å². The van der Waals surface area contributed by atoms with Crippen LogP contribution in [-0.4, -0.2) is 17.5 Å². The standard InChI is InChI=1S/C11H11NO4/c1-2-7-16-11(13)8-9-3-5-10(6-4-9)12(14)15/h2-6H,1,7-8H2. The number of nitro groups is 1. The molecule has 1 aromatic carbocycles. The number of rotatable bonds is 5. The molecule has 0 bridgehead atoms. The van der Waals surface area contributed by atoms with E-state index in [4.69, 9.17) is 4.74 Å². The minimum atomic E-state index is -0.486. The Balaban J connectivity index is 2.58. The van der Waals surface area contributed by atoms with Gasteiger partial charge in [-0.05, 0) is 5.56 Å². The zero-order chi connectivity index (χ0) is 12.0. The van der Waals surface area contributed by atoms with Gasteiger partial charge in [0.15, 0.2) is 0 Å². The van der Waals surface area contributed by atoms with Gasteiger partial charge in [-0.1, -0.05) is 24.8 Å². The Labute approximate surface area is 92.5 Å². The van der Waals surface area contributed by atoms with Gasteiger partial charge in [-0.2, -0.15) is 0 Å². The fraction of sp³-hybridized carbons (Fsp3) is 0.182. The van der Waals surface area contributed by atoms with Crippen molar-refractivity contribution in [3.63, 3.8) is 0 Å². The Morgan fingerprint density at radius 1 is 1.44 bits per heavy atom. The van der Waals surface area contributed by atoms with Crippen LogP contribution in [0.1, 0.15) is 5.56 Å². The van der Waals surface area contributed by atoms with E-state index in [1.165, 1.54) is 30.3 Å². The largest absolute Gasteiger partial charge is 0.461 e. The molecule has 0 fully saturated rings. The van der Waals surface area contributed by atoms with E-state index in [9.17, 15) is 14.9 Å². The van der Waals surface area contributed by atoms with Crippen molar-refractivity contribution in [1.29, 1.82) is 0 Å². The number of carbonyl (C=O) groups excluding carboxylic acids is 1. The molecule has 5 heteroatoms. The number of hydrogen-bond acceptors (Lipinski definition) is 4. The van der Waals surface area contributed by atoms with Crippen LogP contribution in [0.25, 0.3) is 0 Å². The van der Waals surface area contributed by atoms with Crippen molar-refractivity contribution in [2.45, 2.75) is 6.42 Å². The third-order valence-electron chi connectivity index (χ3n) is 1.86. The van der Waals surface area contributed by atoms with Crippen molar-refractivity contribution in [3.8, 4) is 0 Å². The molecule has 0 saturated carbocycles. The Morgan fingerprint density at radius 2 is 2.06 bits per heavy atom. The number of esters is 1. The number of hydrogen-bond donors (Lipinski definition) is 0. The zero-order valence-electron chi connectivity index (χ0n) is 8.59. The highest BCUT2D eigenvalue weighted by Gasteiger charge is 2.07. The van der Waals surface area contributed by atoms with E-state index in [0.29, 0.717) is 5.56 Å². The second kappa shape index (κ2) is 5.65. The molecule has 1 aromatic rings. The highest BCUT2D eigenvalue weighted by molar-refractivity contribution is 5.72. The van der Waals surface area contributed by atoms with E-state index in [0.717, 1.165) is 0 Å². The summed E-state index contributed by atoms with van der Waals surface area (Å²) in [7, 11) is 0. The molecule has 0 aliphatic rings. The van der Waals surface area contributed by atoms with Crippen LogP contribution >= 0.6 is 0 Å². The van der Waals surface area contributed by atoms with Gasteiger partial charge in [0.25, 0.3) is 5.69 Å². The van der Waals surface area contributed by atoms with Gasteiger partial charge in [-0.3, -0.25) is 14.9 Å². The fourth-order valence-corrected chi connectivity index (χ4v) is 1.11. The molecule has 0 amide bonds. The van der Waals surface area contributed by atoms with Gasteiger partial charge >= 0.3 is 5.97 Å². The van der Waals surface area contributed by atoms with E-state index >= 15 is 0 Å². The summed E-state index contributed by atoms with van der Waals surface area (Å²) in [5.74, 6) is -0.381. The number of ether oxygens (including phenoxy) is 1. The summed E-state index contributed by atoms with van der Waals surface area (Å²) >= 11 is 0. The SMILES string of the molecule is C=CCOC(=O)Cc1ccc([N+](=O)[O-])cc1. The average Bonchev–Trinajstić information content (AvgIpc) is 2.27. The van der Waals surface area contributed by atoms with Crippen LogP contribution in [0, 0.1) is 10.1 Å². The first-order valence-corrected chi connectivity index (χ1v) is 4.63. The van der Waals surface area contributed by atoms with Crippen LogP contribution in [0.2, 0.25) is 0 Å². The molecule has 5 nitrogen and oxygen atoms in total. The molecular formula is C11H11NO4. The van der Waals surface area contributed by atoms with Crippen LogP contribution in [-0.2, 0) is 16.0 Å². The van der Waals surface area contributed by atoms with Crippen molar-refractivity contribution >= 4 is 11.7 Å². The number of non-ortho nitro benzene ring substituents is 1. The summed E-state index contributed by atoms with van der Waals surface area (Å²) < 4.78 is 4.78. The molecule has 0 aliphatic carbocycles. The lowest BCUT2D eigenvalue weighted by Gasteiger charge is -2.01. The zero-order valence-corrected chi connectivity index (χ0v) is 8.59. The summed E-state index contributed by atoms with van der Waals surface area (Å²) in [6, 6.07) is 5.78. The number of benzene rings is 1. The fourth-order valence-electron chi connectivity index (χ4n) is 1.11. The second-order valence-corrected chi connectivity index (χ2v) is 3.07. The van der Waals surface area contributed by atoms with Crippen molar-refractivity contribution in [1.82, 2.24) is 0 Å². The highest BCUT2D eigenvalue weighted by Crippen LogP contribution is 2.12. The van der Waals surface area contributed by atoms with E-state index in [1.807, 2.05) is 0 Å². The van der Waals surface area contributed by atoms with Crippen molar-refractivity contribution < 1.29 is 14.5 Å². The molecular weight excluding hydrogens is 210 g/mol. The highest BCUT2D eigenvalue weighted by atomic mass is 16.6. The maximum Gasteiger partial charge on any atom is 0.310 e. The van der Waals surface area contributed by atoms with Crippen molar-refractivity contribution in [2.75, 3.05) is 6.61 Å². The van der Waals surface area contributed by atoms with Crippen LogP contribution in [0.3, 0.4) is 0 Å². The smallest absolute Gasteiger partial charge is 0.310 e. The minimum Gasteiger partial charge on any atom is -0.461 e. The Bertz CT molecular complexity index is 397. The lowest BCUT2D eigenvalue weighted by molar-refractivity contribution is -0.384. The maximum absolute atomic E-state index is 11.2. The summed E-state index contributed by atoms with van der Waals surface area (Å²) in [4.78, 5) is 21.1. The number of nitrogens with zero attached hydrogens (tertiary/aromatic N) is 1. The Morgan fingerprint density at radius 3 is 2.56 bits per heavy atom. The molecule has 0 aliphatic heterocycles. The van der Waals surface area contributed by atoms with Gasteiger partial charge in [-0.15, -0.1) is 0 Å². The predicted octanol–water partition coefficient (Wildman–Crippen LogP) is 1.87. The first kappa shape index (κ1) is 11.9. The predicted molar refractivity (Wildman–Crippen MR) is 58.0 cm³/mol. The van der Waals surface area contributed by atoms with Gasteiger partial charge in [0.05, 0.1) is 11.3 Å². The number of nitro benzene ring substituents is 1. The van der Waals surface area contributed by atoms with Gasteiger partial charge in [-0.25, -0.2) is 0 Å². The Hall–Kier alpha value is -2.17. The van der Waals surface area contributed by atoms with Crippen LogP contribution < -0.4 is 0 Å². The molecule has 0 atom stereocenters. The summed E-state index contributed by atoms with van der Waals surface area (Å²) in [5.41, 5.74) is 0.683. The van der Waals surface area contributed by atoms with Crippen LogP contribution in [0.4, 0.5) is 5.69 Å². The van der Waals surface area contributed by atoms with Gasteiger partial charge in [0, 0.05) is 12.1 Å². The van der Waals surface area contributed by atoms with Crippen LogP contribution in [0.5, 0.6) is 0 Å². The lowest BCUT2D eigenvalue weighted by atomic mass is 10.1. The Kier molecular flexibility index (Phi) is 4.20. The molecule has 0 radical (unpaired) electrons. The summed E-state index contributed by atoms with van der Waals surface area (Å²) in [6.07, 6.45) is 1.58. The first-order valence-electron chi connectivity index (χ1n) is 4.63. The molecule has 0 N–H and O–H groups in total. The molecule has 16 heavy (non-hydrogen) atoms. The summed E-state index contributed by atoms with van der Waals surface area (Å²) in [5, 5.41) is 10.4. The van der Waals surface area contributed by atoms with Gasteiger partial charge in [0.1, 0.15) is 6.61 Å². The monoisotopic (exact) mass is 221 g/mol. The normalized spacial score (nSPS) is 9.50. The summed E-state index contributed by atoms with van der Waals surface area (Å²) in [6.45, 7) is 3.59. The first-order chi connectivity index (χ1) is 7.63. The van der Waals surface area contributed by atoms with Crippen molar-refractivity contribution in [3.05, 3.63) is 52.6 Å². The molecule has 0 aromatic heterocycles. The quantitative estimate of drug-likeness (QED) is 0.329. The number of carbonyl (C=O) groups is 1. The maximum atomic E-state index is 11.2. The van der Waals surface area contributed by atoms with E-state index < -0.39 is 4.92 Å². The average molecular weight is 221 g/mol. The van der Waals surface area contributed by atoms with Crippen molar-refractivity contribution in [2.24, 2.45) is 0 Å². The van der Waals surface area contributed by atoms with E-state index in [2.05, 4.69) is 6.58 Å². The van der Waals surface area contributed by atoms with Gasteiger partial charge in [0.2, 0.25) is 0 Å². The molecule has 84 valence electrons. The van der Waals surface area contributed by atoms with E-state index in [1.54, 1.807) is 0 Å². The molecule has 0 spiro atoms. The second-order valence-electron chi connectivity index (χ2n) is 3.07. The lowest BCUT2D eigenvalue weighted by Crippen LogP contribution is -2.07. The molecule has 1 rings (SSSR count). The molecule has 0 unspecified atom stereocenters. The molecule has 0 saturated heterocycles. The minimum absolute atomic E-state index is 0.00297. The topological polar surface area (TPSA) is 69.4 Å². The van der Waals surface area contributed by atoms with E-state index in [-0.39, 0.29) is 24.7 Å². The molecule has 0 heterocycles. The third kappa shape index (κ3) is 3.53.